The Bertz CT molecular complexity index is 793. The summed E-state index contributed by atoms with van der Waals surface area (Å²) in [5.74, 6) is -2.67. The van der Waals surface area contributed by atoms with E-state index in [-0.39, 0.29) is 36.1 Å². The average Bonchev–Trinajstić information content (AvgIpc) is 3.01. The monoisotopic (exact) mass is 339 g/mol. The first-order chi connectivity index (χ1) is 12.0. The van der Waals surface area contributed by atoms with Crippen molar-refractivity contribution in [1.82, 2.24) is 5.16 Å². The van der Waals surface area contributed by atoms with E-state index in [1.807, 2.05) is 37.3 Å². The predicted molar refractivity (Wildman–Crippen MR) is 91.2 cm³/mol. The van der Waals surface area contributed by atoms with Crippen molar-refractivity contribution < 1.29 is 18.9 Å². The van der Waals surface area contributed by atoms with E-state index in [0.29, 0.717) is 17.9 Å². The number of carbonyl (C=O) groups is 3. The lowest BCUT2D eigenvalue weighted by molar-refractivity contribution is -0.144. The van der Waals surface area contributed by atoms with Crippen molar-refractivity contribution in [3.8, 4) is 0 Å². The van der Waals surface area contributed by atoms with E-state index in [9.17, 15) is 14.4 Å². The highest BCUT2D eigenvalue weighted by atomic mass is 16.5. The summed E-state index contributed by atoms with van der Waals surface area (Å²) in [7, 11) is 0. The zero-order chi connectivity index (χ0) is 18.0. The third-order valence-corrected chi connectivity index (χ3v) is 4.74. The number of aromatic nitrogens is 1. The van der Waals surface area contributed by atoms with Crippen LogP contribution in [-0.2, 0) is 14.4 Å². The van der Waals surface area contributed by atoms with Gasteiger partial charge in [-0.05, 0) is 18.9 Å². The van der Waals surface area contributed by atoms with Crippen LogP contribution >= 0.6 is 0 Å². The first-order valence-corrected chi connectivity index (χ1v) is 8.60. The van der Waals surface area contributed by atoms with Crippen LogP contribution in [0.5, 0.6) is 0 Å². The van der Waals surface area contributed by atoms with E-state index in [1.165, 1.54) is 0 Å². The molecule has 130 valence electrons. The maximum absolute atomic E-state index is 13.1. The molecule has 1 aromatic heterocycles. The second-order valence-corrected chi connectivity index (χ2v) is 6.59. The van der Waals surface area contributed by atoms with Crippen molar-refractivity contribution in [3.05, 3.63) is 53.4 Å². The maximum Gasteiger partial charge on any atom is 0.162 e. The van der Waals surface area contributed by atoms with Gasteiger partial charge in [0.2, 0.25) is 0 Å². The Morgan fingerprint density at radius 3 is 2.56 bits per heavy atom. The van der Waals surface area contributed by atoms with Gasteiger partial charge >= 0.3 is 0 Å². The van der Waals surface area contributed by atoms with Gasteiger partial charge in [0.1, 0.15) is 11.7 Å². The zero-order valence-electron chi connectivity index (χ0n) is 14.4. The molecule has 1 aromatic carbocycles. The summed E-state index contributed by atoms with van der Waals surface area (Å²) in [4.78, 5) is 38.1. The minimum atomic E-state index is -1.17. The minimum Gasteiger partial charge on any atom is -0.360 e. The Kier molecular flexibility index (Phi) is 4.93. The Labute approximate surface area is 146 Å². The molecule has 1 aliphatic rings. The number of hydrogen-bond donors (Lipinski definition) is 0. The molecule has 2 aromatic rings. The van der Waals surface area contributed by atoms with Gasteiger partial charge in [-0.2, -0.15) is 0 Å². The van der Waals surface area contributed by atoms with Crippen molar-refractivity contribution in [2.24, 2.45) is 5.92 Å². The summed E-state index contributed by atoms with van der Waals surface area (Å²) < 4.78 is 5.36. The van der Waals surface area contributed by atoms with Crippen LogP contribution in [0.1, 0.15) is 55.0 Å². The van der Waals surface area contributed by atoms with Crippen LogP contribution in [0, 0.1) is 12.8 Å². The summed E-state index contributed by atoms with van der Waals surface area (Å²) in [5.41, 5.74) is 1.56. The maximum atomic E-state index is 13.1. The Morgan fingerprint density at radius 2 is 1.96 bits per heavy atom. The normalized spacial score (nSPS) is 23.7. The molecule has 0 amide bonds. The van der Waals surface area contributed by atoms with Crippen LogP contribution in [0.4, 0.5) is 0 Å². The van der Waals surface area contributed by atoms with Crippen molar-refractivity contribution in [1.29, 1.82) is 0 Å². The van der Waals surface area contributed by atoms with Gasteiger partial charge in [0.25, 0.3) is 0 Å². The van der Waals surface area contributed by atoms with Crippen molar-refractivity contribution >= 4 is 17.3 Å². The van der Waals surface area contributed by atoms with Gasteiger partial charge in [0.05, 0.1) is 11.6 Å². The highest BCUT2D eigenvalue weighted by Crippen LogP contribution is 2.43. The fraction of sp³-hybridized carbons (Fsp3) is 0.400. The number of benzene rings is 1. The number of hydrogen-bond acceptors (Lipinski definition) is 5. The number of carbonyl (C=O) groups excluding carboxylic acids is 3. The summed E-state index contributed by atoms with van der Waals surface area (Å²) in [5, 5.41) is 3.88. The third-order valence-electron chi connectivity index (χ3n) is 4.74. The molecule has 0 radical (unpaired) electrons. The second kappa shape index (κ2) is 7.13. The van der Waals surface area contributed by atoms with E-state index in [2.05, 4.69) is 5.16 Å². The van der Waals surface area contributed by atoms with Crippen LogP contribution in [0.2, 0.25) is 0 Å². The second-order valence-electron chi connectivity index (χ2n) is 6.59. The lowest BCUT2D eigenvalue weighted by Gasteiger charge is -2.32. The summed E-state index contributed by atoms with van der Waals surface area (Å²) >= 11 is 0. The fourth-order valence-electron chi connectivity index (χ4n) is 3.60. The molecule has 1 fully saturated rings. The summed E-state index contributed by atoms with van der Waals surface area (Å²) in [6.07, 6.45) is 1.00. The van der Waals surface area contributed by atoms with Crippen LogP contribution < -0.4 is 0 Å². The van der Waals surface area contributed by atoms with Crippen LogP contribution in [-0.4, -0.2) is 22.5 Å². The van der Waals surface area contributed by atoms with Crippen LogP contribution in [0.25, 0.3) is 0 Å². The van der Waals surface area contributed by atoms with E-state index in [4.69, 9.17) is 4.52 Å². The first kappa shape index (κ1) is 17.3. The van der Waals surface area contributed by atoms with Crippen molar-refractivity contribution in [2.45, 2.75) is 44.9 Å². The number of rotatable bonds is 5. The molecule has 0 bridgehead atoms. The molecule has 5 nitrogen and oxygen atoms in total. The standard InChI is InChI=1S/C20H21NO4/c1-3-7-15(22)19-16(23)11-14(13-8-5-4-6-9-13)18(20(19)24)17-10-12(2)21-25-17/h4-6,8-10,14,18-19H,3,7,11H2,1-2H3/t14-,18+,19-/m1/s1. The van der Waals surface area contributed by atoms with E-state index in [1.54, 1.807) is 13.0 Å². The first-order valence-electron chi connectivity index (χ1n) is 8.60. The van der Waals surface area contributed by atoms with Crippen LogP contribution in [0.3, 0.4) is 0 Å². The Balaban J connectivity index is 2.03. The number of Topliss-reactive ketones (excluding diaryl/α,β-unsaturated/α-hetero) is 3. The minimum absolute atomic E-state index is 0.153. The molecule has 1 heterocycles. The molecular weight excluding hydrogens is 318 g/mol. The third kappa shape index (κ3) is 3.31. The van der Waals surface area contributed by atoms with Gasteiger partial charge < -0.3 is 4.52 Å². The molecule has 0 N–H and O–H groups in total. The number of ketones is 3. The molecule has 3 atom stereocenters. The van der Waals surface area contributed by atoms with E-state index in [0.717, 1.165) is 5.56 Å². The molecule has 0 aliphatic heterocycles. The highest BCUT2D eigenvalue weighted by Gasteiger charge is 2.48. The molecule has 5 heteroatoms. The smallest absolute Gasteiger partial charge is 0.162 e. The zero-order valence-corrected chi connectivity index (χ0v) is 14.4. The number of nitrogens with zero attached hydrogens (tertiary/aromatic N) is 1. The summed E-state index contributed by atoms with van der Waals surface area (Å²) in [6.45, 7) is 3.64. The van der Waals surface area contributed by atoms with Crippen molar-refractivity contribution in [2.75, 3.05) is 0 Å². The lowest BCUT2D eigenvalue weighted by atomic mass is 9.67. The SMILES string of the molecule is CCCC(=O)[C@@H]1C(=O)C[C@H](c2ccccc2)[C@@H](c2cc(C)no2)C1=O. The lowest BCUT2D eigenvalue weighted by Crippen LogP contribution is -2.42. The molecular formula is C20H21NO4. The number of aryl methyl sites for hydroxylation is 1. The predicted octanol–water partition coefficient (Wildman–Crippen LogP) is 3.38. The molecule has 0 unspecified atom stereocenters. The Morgan fingerprint density at radius 1 is 1.24 bits per heavy atom. The summed E-state index contributed by atoms with van der Waals surface area (Å²) in [6, 6.07) is 11.2. The van der Waals surface area contributed by atoms with E-state index < -0.39 is 11.8 Å². The largest absolute Gasteiger partial charge is 0.360 e. The molecule has 1 aliphatic carbocycles. The fourth-order valence-corrected chi connectivity index (χ4v) is 3.60. The van der Waals surface area contributed by atoms with Gasteiger partial charge in [-0.15, -0.1) is 0 Å². The molecule has 0 saturated heterocycles. The Hall–Kier alpha value is -2.56. The highest BCUT2D eigenvalue weighted by molar-refractivity contribution is 6.22. The van der Waals surface area contributed by atoms with Gasteiger partial charge in [0, 0.05) is 24.8 Å². The van der Waals surface area contributed by atoms with Gasteiger partial charge in [-0.1, -0.05) is 42.4 Å². The molecule has 25 heavy (non-hydrogen) atoms. The van der Waals surface area contributed by atoms with Gasteiger partial charge in [-0.3, -0.25) is 14.4 Å². The molecule has 1 saturated carbocycles. The van der Waals surface area contributed by atoms with Gasteiger partial charge in [0.15, 0.2) is 17.3 Å². The average molecular weight is 339 g/mol. The van der Waals surface area contributed by atoms with Crippen molar-refractivity contribution in [3.63, 3.8) is 0 Å². The van der Waals surface area contributed by atoms with Crippen LogP contribution in [0.15, 0.2) is 40.9 Å². The molecule has 0 spiro atoms. The van der Waals surface area contributed by atoms with Gasteiger partial charge in [-0.25, -0.2) is 0 Å². The topological polar surface area (TPSA) is 77.2 Å². The van der Waals surface area contributed by atoms with E-state index >= 15 is 0 Å². The molecule has 3 rings (SSSR count). The quantitative estimate of drug-likeness (QED) is 0.781.